The van der Waals surface area contributed by atoms with Gasteiger partial charge in [-0.2, -0.15) is 13.2 Å². The first-order valence-corrected chi connectivity index (χ1v) is 5.83. The summed E-state index contributed by atoms with van der Waals surface area (Å²) in [6, 6.07) is 5.67. The Kier molecular flexibility index (Phi) is 3.83. The fourth-order valence-electron chi connectivity index (χ4n) is 1.86. The zero-order valence-electron chi connectivity index (χ0n) is 10.6. The van der Waals surface area contributed by atoms with Gasteiger partial charge in [-0.25, -0.2) is 4.39 Å². The Morgan fingerprint density at radius 1 is 1.15 bits per heavy atom. The van der Waals surface area contributed by atoms with E-state index in [1.807, 2.05) is 6.92 Å². The fraction of sp³-hybridized carbons (Fsp3) is 0.214. The molecule has 0 aliphatic heterocycles. The number of pyridine rings is 1. The molecule has 1 aromatic heterocycles. The number of hydrogen-bond acceptors (Lipinski definition) is 1. The SMILES string of the molecule is [B]C(c1cc(F)cc(C(F)(F)F)c1)c1cc(C)ccn1. The first kappa shape index (κ1) is 14.6. The molecular weight excluding hydrogens is 269 g/mol. The van der Waals surface area contributed by atoms with Crippen molar-refractivity contribution in [2.45, 2.75) is 18.9 Å². The van der Waals surface area contributed by atoms with Crippen LogP contribution in [0.25, 0.3) is 0 Å². The van der Waals surface area contributed by atoms with Crippen molar-refractivity contribution < 1.29 is 17.6 Å². The van der Waals surface area contributed by atoms with Gasteiger partial charge in [0.25, 0.3) is 0 Å². The number of aromatic nitrogens is 1. The molecule has 0 fully saturated rings. The van der Waals surface area contributed by atoms with Gasteiger partial charge >= 0.3 is 6.18 Å². The van der Waals surface area contributed by atoms with Gasteiger partial charge in [-0.15, -0.1) is 0 Å². The van der Waals surface area contributed by atoms with E-state index in [9.17, 15) is 17.6 Å². The lowest BCUT2D eigenvalue weighted by Gasteiger charge is -2.15. The predicted octanol–water partition coefficient (Wildman–Crippen LogP) is 3.81. The van der Waals surface area contributed by atoms with Gasteiger partial charge in [-0.05, 0) is 54.2 Å². The monoisotopic (exact) mass is 279 g/mol. The fourth-order valence-corrected chi connectivity index (χ4v) is 1.86. The van der Waals surface area contributed by atoms with Crippen LogP contribution in [0.15, 0.2) is 36.5 Å². The number of halogens is 4. The van der Waals surface area contributed by atoms with Gasteiger partial charge in [0, 0.05) is 11.9 Å². The van der Waals surface area contributed by atoms with Gasteiger partial charge in [-0.3, -0.25) is 4.98 Å². The van der Waals surface area contributed by atoms with Gasteiger partial charge in [-0.1, -0.05) is 0 Å². The average molecular weight is 279 g/mol. The lowest BCUT2D eigenvalue weighted by molar-refractivity contribution is -0.137. The molecule has 0 amide bonds. The van der Waals surface area contributed by atoms with E-state index in [2.05, 4.69) is 4.98 Å². The zero-order chi connectivity index (χ0) is 14.9. The molecule has 1 aromatic carbocycles. The first-order chi connectivity index (χ1) is 9.27. The van der Waals surface area contributed by atoms with E-state index >= 15 is 0 Å². The average Bonchev–Trinajstić information content (AvgIpc) is 2.36. The van der Waals surface area contributed by atoms with Crippen LogP contribution in [0.5, 0.6) is 0 Å². The molecule has 2 aromatic rings. The van der Waals surface area contributed by atoms with Crippen LogP contribution in [0.4, 0.5) is 17.6 Å². The van der Waals surface area contributed by atoms with Crippen molar-refractivity contribution in [3.63, 3.8) is 0 Å². The minimum atomic E-state index is -4.61. The summed E-state index contributed by atoms with van der Waals surface area (Å²) < 4.78 is 51.3. The van der Waals surface area contributed by atoms with Gasteiger partial charge in [0.2, 0.25) is 0 Å². The highest BCUT2D eigenvalue weighted by molar-refractivity contribution is 6.14. The van der Waals surface area contributed by atoms with E-state index in [1.165, 1.54) is 6.20 Å². The van der Waals surface area contributed by atoms with Crippen LogP contribution >= 0.6 is 0 Å². The third kappa shape index (κ3) is 3.18. The zero-order valence-corrected chi connectivity index (χ0v) is 10.6. The number of rotatable bonds is 2. The summed E-state index contributed by atoms with van der Waals surface area (Å²) in [5, 5.41) is 0. The highest BCUT2D eigenvalue weighted by atomic mass is 19.4. The van der Waals surface area contributed by atoms with Gasteiger partial charge in [0.1, 0.15) is 5.82 Å². The van der Waals surface area contributed by atoms with Crippen LogP contribution in [0.3, 0.4) is 0 Å². The topological polar surface area (TPSA) is 12.9 Å². The maximum Gasteiger partial charge on any atom is 0.416 e. The van der Waals surface area contributed by atoms with Crippen LogP contribution < -0.4 is 0 Å². The molecule has 102 valence electrons. The molecule has 2 rings (SSSR count). The van der Waals surface area contributed by atoms with Crippen LogP contribution in [-0.2, 0) is 6.18 Å². The Bertz CT molecular complexity index is 625. The van der Waals surface area contributed by atoms with E-state index in [0.717, 1.165) is 17.7 Å². The number of hydrogen-bond donors (Lipinski definition) is 0. The quantitative estimate of drug-likeness (QED) is 0.601. The highest BCUT2D eigenvalue weighted by Gasteiger charge is 2.31. The molecule has 0 N–H and O–H groups in total. The van der Waals surface area contributed by atoms with E-state index in [0.29, 0.717) is 11.8 Å². The number of benzene rings is 1. The number of aryl methyl sites for hydroxylation is 1. The van der Waals surface area contributed by atoms with Crippen LogP contribution in [0.1, 0.15) is 28.2 Å². The standard InChI is InChI=1S/C14H10BF4N/c1-8-2-3-20-12(4-8)13(15)9-5-10(14(17,18)19)7-11(16)6-9/h2-7,13H,1H3. The summed E-state index contributed by atoms with van der Waals surface area (Å²) in [7, 11) is 5.87. The molecule has 1 nitrogen and oxygen atoms in total. The van der Waals surface area contributed by atoms with Gasteiger partial charge in [0.15, 0.2) is 0 Å². The number of nitrogens with zero attached hydrogens (tertiary/aromatic N) is 1. The van der Waals surface area contributed by atoms with E-state index in [4.69, 9.17) is 7.85 Å². The van der Waals surface area contributed by atoms with E-state index < -0.39 is 23.4 Å². The summed E-state index contributed by atoms with van der Waals surface area (Å²) in [6.07, 6.45) is -3.11. The molecule has 0 aliphatic carbocycles. The van der Waals surface area contributed by atoms with Crippen LogP contribution in [0.2, 0.25) is 0 Å². The van der Waals surface area contributed by atoms with E-state index in [1.54, 1.807) is 12.1 Å². The smallest absolute Gasteiger partial charge is 0.261 e. The third-order valence-electron chi connectivity index (χ3n) is 2.86. The van der Waals surface area contributed by atoms with Crippen molar-refractivity contribution in [1.29, 1.82) is 0 Å². The summed E-state index contributed by atoms with van der Waals surface area (Å²) >= 11 is 0. The summed E-state index contributed by atoms with van der Waals surface area (Å²) in [5.41, 5.74) is 0.243. The largest absolute Gasteiger partial charge is 0.416 e. The predicted molar refractivity (Wildman–Crippen MR) is 68.0 cm³/mol. The first-order valence-electron chi connectivity index (χ1n) is 5.83. The summed E-state index contributed by atoms with van der Waals surface area (Å²) in [5.74, 6) is -1.88. The second-order valence-corrected chi connectivity index (χ2v) is 4.51. The second-order valence-electron chi connectivity index (χ2n) is 4.51. The van der Waals surface area contributed by atoms with Crippen LogP contribution in [-0.4, -0.2) is 12.8 Å². The van der Waals surface area contributed by atoms with Crippen molar-refractivity contribution in [2.24, 2.45) is 0 Å². The Morgan fingerprint density at radius 2 is 1.85 bits per heavy atom. The maximum absolute atomic E-state index is 13.3. The lowest BCUT2D eigenvalue weighted by atomic mass is 9.77. The van der Waals surface area contributed by atoms with Gasteiger partial charge in [0.05, 0.1) is 13.4 Å². The van der Waals surface area contributed by atoms with Crippen LogP contribution in [0, 0.1) is 12.7 Å². The van der Waals surface area contributed by atoms with Crippen molar-refractivity contribution in [3.05, 3.63) is 64.7 Å². The van der Waals surface area contributed by atoms with Gasteiger partial charge < -0.3 is 0 Å². The summed E-state index contributed by atoms with van der Waals surface area (Å²) in [6.45, 7) is 1.81. The molecule has 1 heterocycles. The Hall–Kier alpha value is -1.85. The normalized spacial score (nSPS) is 13.2. The molecule has 0 bridgehead atoms. The molecule has 1 unspecified atom stereocenters. The minimum absolute atomic E-state index is 0.0374. The summed E-state index contributed by atoms with van der Waals surface area (Å²) in [4.78, 5) is 4.01. The Morgan fingerprint density at radius 3 is 2.45 bits per heavy atom. The Labute approximate surface area is 115 Å². The molecule has 0 spiro atoms. The minimum Gasteiger partial charge on any atom is -0.261 e. The van der Waals surface area contributed by atoms with Crippen molar-refractivity contribution in [3.8, 4) is 0 Å². The van der Waals surface area contributed by atoms with Crippen molar-refractivity contribution in [1.82, 2.24) is 4.98 Å². The van der Waals surface area contributed by atoms with Crippen molar-refractivity contribution in [2.75, 3.05) is 0 Å². The molecule has 0 saturated heterocycles. The molecule has 6 heteroatoms. The second kappa shape index (κ2) is 5.27. The molecule has 1 atom stereocenters. The highest BCUT2D eigenvalue weighted by Crippen LogP contribution is 2.32. The lowest BCUT2D eigenvalue weighted by Crippen LogP contribution is -2.09. The number of alkyl halides is 3. The molecular formula is C14H10BF4N. The van der Waals surface area contributed by atoms with E-state index in [-0.39, 0.29) is 5.56 Å². The van der Waals surface area contributed by atoms with Crippen molar-refractivity contribution >= 4 is 7.85 Å². The molecule has 2 radical (unpaired) electrons. The molecule has 0 aliphatic rings. The third-order valence-corrected chi connectivity index (χ3v) is 2.86. The molecule has 20 heavy (non-hydrogen) atoms. The maximum atomic E-state index is 13.3. The molecule has 0 saturated carbocycles. The Balaban J connectivity index is 2.45.